The summed E-state index contributed by atoms with van der Waals surface area (Å²) in [7, 11) is 1.68. The smallest absolute Gasteiger partial charge is 0.212 e. The van der Waals surface area contributed by atoms with Crippen molar-refractivity contribution in [2.24, 2.45) is 0 Å². The highest BCUT2D eigenvalue weighted by molar-refractivity contribution is 8.14. The number of halogens is 1. The summed E-state index contributed by atoms with van der Waals surface area (Å²) in [5.41, 5.74) is 0. The summed E-state index contributed by atoms with van der Waals surface area (Å²) < 4.78 is 20.7. The molecular formula is C4H9ClO2S. The molecule has 0 heterocycles. The van der Waals surface area contributed by atoms with Crippen LogP contribution in [0, 0.1) is 0 Å². The Labute approximate surface area is 54.3 Å². The van der Waals surface area contributed by atoms with E-state index in [-0.39, 0.29) is 0 Å². The predicted octanol–water partition coefficient (Wildman–Crippen LogP) is 1.35. The van der Waals surface area contributed by atoms with Crippen LogP contribution in [0.5, 0.6) is 0 Å². The summed E-state index contributed by atoms with van der Waals surface area (Å²) in [5.74, 6) is 0. The molecule has 0 N–H and O–H groups in total. The zero-order valence-corrected chi connectivity index (χ0v) is 6.46. The minimum absolute atomic E-state index is 0.413. The average molecular weight is 157 g/mol. The van der Waals surface area contributed by atoms with E-state index in [1.165, 1.54) is 0 Å². The van der Waals surface area contributed by atoms with Crippen molar-refractivity contribution in [3.05, 3.63) is 0 Å². The fraction of sp³-hybridized carbons (Fsp3) is 1.00. The molecule has 0 aromatic rings. The zero-order valence-electron chi connectivity index (χ0n) is 4.89. The molecule has 0 saturated heterocycles. The van der Waals surface area contributed by atoms with Crippen molar-refractivity contribution in [3.63, 3.8) is 0 Å². The van der Waals surface area contributed by atoms with Gasteiger partial charge in [-0.3, -0.25) is 0 Å². The molecule has 0 aliphatic carbocycles. The maximum atomic E-state index is 10.3. The maximum Gasteiger partial charge on any atom is 0.235 e. The van der Waals surface area contributed by atoms with Gasteiger partial charge in [0, 0.05) is 10.7 Å². The first-order valence-corrected chi connectivity index (χ1v) is 4.79. The van der Waals surface area contributed by atoms with Gasteiger partial charge in [0.05, 0.1) is 5.25 Å². The third kappa shape index (κ3) is 2.52. The van der Waals surface area contributed by atoms with Gasteiger partial charge in [0.25, 0.3) is 0 Å². The lowest BCUT2D eigenvalue weighted by atomic mass is 10.4. The standard InChI is InChI=1S/C4H9ClO2S/c1-3-4(2)8(5,6)7/h4H,3H2,1-2H3. The SMILES string of the molecule is CCC(C)S(=O)(=O)Cl. The first kappa shape index (κ1) is 8.24. The lowest BCUT2D eigenvalue weighted by molar-refractivity contribution is 0.595. The van der Waals surface area contributed by atoms with Crippen LogP contribution in [0.25, 0.3) is 0 Å². The summed E-state index contributed by atoms with van der Waals surface area (Å²) in [5, 5.41) is -0.413. The van der Waals surface area contributed by atoms with Gasteiger partial charge >= 0.3 is 0 Å². The van der Waals surface area contributed by atoms with Gasteiger partial charge in [-0.1, -0.05) is 6.92 Å². The van der Waals surface area contributed by atoms with Crippen LogP contribution in [0.2, 0.25) is 0 Å². The van der Waals surface area contributed by atoms with Gasteiger partial charge in [-0.15, -0.1) is 0 Å². The summed E-state index contributed by atoms with van der Waals surface area (Å²) in [6.45, 7) is 3.37. The third-order valence-electron chi connectivity index (χ3n) is 1.06. The second kappa shape index (κ2) is 2.69. The Morgan fingerprint density at radius 2 is 2.00 bits per heavy atom. The van der Waals surface area contributed by atoms with Crippen LogP contribution in [-0.2, 0) is 9.05 Å². The molecule has 0 radical (unpaired) electrons. The first-order chi connectivity index (χ1) is 3.48. The number of hydrogen-bond donors (Lipinski definition) is 0. The molecule has 8 heavy (non-hydrogen) atoms. The molecule has 1 unspecified atom stereocenters. The van der Waals surface area contributed by atoms with E-state index < -0.39 is 14.3 Å². The summed E-state index contributed by atoms with van der Waals surface area (Å²) in [4.78, 5) is 0. The molecule has 0 aromatic carbocycles. The van der Waals surface area contributed by atoms with Crippen LogP contribution < -0.4 is 0 Å². The van der Waals surface area contributed by atoms with E-state index in [1.54, 1.807) is 13.8 Å². The Balaban J connectivity index is 4.04. The van der Waals surface area contributed by atoms with Gasteiger partial charge < -0.3 is 0 Å². The Morgan fingerprint density at radius 1 is 1.62 bits per heavy atom. The highest BCUT2D eigenvalue weighted by Gasteiger charge is 2.13. The van der Waals surface area contributed by atoms with Crippen molar-refractivity contribution >= 4 is 19.7 Å². The largest absolute Gasteiger partial charge is 0.235 e. The van der Waals surface area contributed by atoms with Crippen LogP contribution >= 0.6 is 10.7 Å². The van der Waals surface area contributed by atoms with Crippen LogP contribution in [0.3, 0.4) is 0 Å². The van der Waals surface area contributed by atoms with Crippen LogP contribution in [0.4, 0.5) is 0 Å². The quantitative estimate of drug-likeness (QED) is 0.566. The van der Waals surface area contributed by atoms with E-state index in [0.29, 0.717) is 6.42 Å². The zero-order chi connectivity index (χ0) is 6.78. The summed E-state index contributed by atoms with van der Waals surface area (Å²) >= 11 is 0. The molecule has 0 spiro atoms. The van der Waals surface area contributed by atoms with Crippen molar-refractivity contribution in [2.75, 3.05) is 0 Å². The molecular weight excluding hydrogens is 148 g/mol. The monoisotopic (exact) mass is 156 g/mol. The molecule has 0 aliphatic heterocycles. The molecule has 0 aromatic heterocycles. The second-order valence-electron chi connectivity index (χ2n) is 1.69. The lowest BCUT2D eigenvalue weighted by Crippen LogP contribution is -2.08. The molecule has 0 saturated carbocycles. The van der Waals surface area contributed by atoms with Crippen LogP contribution in [0.1, 0.15) is 20.3 Å². The normalized spacial score (nSPS) is 15.9. The minimum atomic E-state index is -3.28. The average Bonchev–Trinajstić information content (AvgIpc) is 1.62. The Hall–Kier alpha value is 0.240. The molecule has 0 amide bonds. The molecule has 0 bridgehead atoms. The van der Waals surface area contributed by atoms with E-state index in [0.717, 1.165) is 0 Å². The molecule has 0 rings (SSSR count). The highest BCUT2D eigenvalue weighted by Crippen LogP contribution is 2.08. The minimum Gasteiger partial charge on any atom is -0.212 e. The van der Waals surface area contributed by atoms with E-state index in [4.69, 9.17) is 10.7 Å². The van der Waals surface area contributed by atoms with Crippen molar-refractivity contribution in [2.45, 2.75) is 25.5 Å². The van der Waals surface area contributed by atoms with Crippen molar-refractivity contribution in [1.29, 1.82) is 0 Å². The van der Waals surface area contributed by atoms with Crippen LogP contribution in [-0.4, -0.2) is 13.7 Å². The Bertz CT molecular complexity index is 149. The van der Waals surface area contributed by atoms with Crippen molar-refractivity contribution in [3.8, 4) is 0 Å². The lowest BCUT2D eigenvalue weighted by Gasteiger charge is -1.99. The van der Waals surface area contributed by atoms with Crippen LogP contribution in [0.15, 0.2) is 0 Å². The Morgan fingerprint density at radius 3 is 2.00 bits per heavy atom. The van der Waals surface area contributed by atoms with E-state index in [9.17, 15) is 8.42 Å². The molecule has 0 fully saturated rings. The van der Waals surface area contributed by atoms with Gasteiger partial charge in [0.1, 0.15) is 0 Å². The van der Waals surface area contributed by atoms with Crippen molar-refractivity contribution < 1.29 is 8.42 Å². The molecule has 4 heteroatoms. The predicted molar refractivity (Wildman–Crippen MR) is 34.5 cm³/mol. The second-order valence-corrected chi connectivity index (χ2v) is 4.74. The molecule has 50 valence electrons. The summed E-state index contributed by atoms with van der Waals surface area (Å²) in [6, 6.07) is 0. The van der Waals surface area contributed by atoms with Gasteiger partial charge in [-0.05, 0) is 13.3 Å². The van der Waals surface area contributed by atoms with Gasteiger partial charge in [0.15, 0.2) is 0 Å². The molecule has 1 atom stereocenters. The van der Waals surface area contributed by atoms with Gasteiger partial charge in [-0.2, -0.15) is 0 Å². The number of rotatable bonds is 2. The van der Waals surface area contributed by atoms with E-state index in [2.05, 4.69) is 0 Å². The van der Waals surface area contributed by atoms with E-state index >= 15 is 0 Å². The topological polar surface area (TPSA) is 34.1 Å². The highest BCUT2D eigenvalue weighted by atomic mass is 35.7. The third-order valence-corrected chi connectivity index (χ3v) is 3.26. The molecule has 2 nitrogen and oxygen atoms in total. The van der Waals surface area contributed by atoms with Gasteiger partial charge in [-0.25, -0.2) is 8.42 Å². The maximum absolute atomic E-state index is 10.3. The first-order valence-electron chi connectivity index (χ1n) is 2.42. The number of hydrogen-bond acceptors (Lipinski definition) is 2. The fourth-order valence-corrected chi connectivity index (χ4v) is 0.975. The van der Waals surface area contributed by atoms with E-state index in [1.807, 2.05) is 0 Å². The summed E-state index contributed by atoms with van der Waals surface area (Å²) in [6.07, 6.45) is 0.575. The Kier molecular flexibility index (Phi) is 2.77. The van der Waals surface area contributed by atoms with Crippen molar-refractivity contribution in [1.82, 2.24) is 0 Å². The fourth-order valence-electron chi connectivity index (χ4n) is 0.199. The van der Waals surface area contributed by atoms with Gasteiger partial charge in [0.2, 0.25) is 9.05 Å². The molecule has 0 aliphatic rings.